The van der Waals surface area contributed by atoms with Crippen molar-refractivity contribution in [1.29, 1.82) is 0 Å². The van der Waals surface area contributed by atoms with Gasteiger partial charge in [-0.05, 0) is 31.9 Å². The molecule has 1 aromatic carbocycles. The third-order valence-corrected chi connectivity index (χ3v) is 4.90. The number of hydrogen-bond donors (Lipinski definition) is 3. The predicted molar refractivity (Wildman–Crippen MR) is 97.7 cm³/mol. The molecule has 0 unspecified atom stereocenters. The summed E-state index contributed by atoms with van der Waals surface area (Å²) in [6.07, 6.45) is -5.76. The molecule has 164 valence electrons. The number of sulfonamides is 1. The molecule has 8 nitrogen and oxygen atoms in total. The molecule has 1 rings (SSSR count). The number of halogens is 3. The molecule has 0 aliphatic rings. The number of benzene rings is 1. The fourth-order valence-corrected chi connectivity index (χ4v) is 3.08. The molecule has 0 aliphatic carbocycles. The molecule has 3 N–H and O–H groups in total. The molecule has 1 amide bonds. The van der Waals surface area contributed by atoms with Crippen LogP contribution in [0.5, 0.6) is 0 Å². The maximum Gasteiger partial charge on any atom is 0.437 e. The average Bonchev–Trinajstić information content (AvgIpc) is 2.57. The molecule has 0 fully saturated rings. The first-order valence-corrected chi connectivity index (χ1v) is 10.1. The van der Waals surface area contributed by atoms with Crippen molar-refractivity contribution >= 4 is 21.9 Å². The van der Waals surface area contributed by atoms with Crippen LogP contribution >= 0.6 is 0 Å². The smallest absolute Gasteiger partial charge is 0.437 e. The second-order valence-corrected chi connectivity index (χ2v) is 8.34. The minimum absolute atomic E-state index is 0.313. The standard InChI is InChI=1S/C17H24F3N3O5S/c1-5-28-15(25)16(17(18,19)20,21-14(24)10-11(2)3)22-23-29(26,27)13-8-6-12(4)7-9-13/h6-9,11,22-23H,5,10H2,1-4H3,(H,21,24)/t16-/m1/s1. The quantitative estimate of drug-likeness (QED) is 0.307. The highest BCUT2D eigenvalue weighted by Gasteiger charge is 2.63. The topological polar surface area (TPSA) is 114 Å². The number of ether oxygens (including phenoxy) is 1. The zero-order valence-electron chi connectivity index (χ0n) is 16.4. The van der Waals surface area contributed by atoms with Crippen molar-refractivity contribution in [3.05, 3.63) is 29.8 Å². The number of aryl methyl sites for hydroxylation is 1. The Kier molecular flexibility index (Phi) is 8.18. The fourth-order valence-electron chi connectivity index (χ4n) is 2.18. The van der Waals surface area contributed by atoms with Gasteiger partial charge < -0.3 is 10.1 Å². The Morgan fingerprint density at radius 1 is 1.14 bits per heavy atom. The molecule has 0 heterocycles. The Balaban J connectivity index is 3.29. The van der Waals surface area contributed by atoms with E-state index in [1.807, 2.05) is 0 Å². The van der Waals surface area contributed by atoms with Crippen LogP contribution in [0.1, 0.15) is 32.8 Å². The van der Waals surface area contributed by atoms with Gasteiger partial charge in [-0.2, -0.15) is 13.2 Å². The molecule has 0 radical (unpaired) electrons. The Bertz CT molecular complexity index is 826. The SMILES string of the molecule is CCOC(=O)[C@](NNS(=O)(=O)c1ccc(C)cc1)(NC(=O)CC(C)C)C(F)(F)F. The van der Waals surface area contributed by atoms with E-state index in [4.69, 9.17) is 0 Å². The Labute approximate surface area is 167 Å². The number of carbonyl (C=O) groups excluding carboxylic acids is 2. The van der Waals surface area contributed by atoms with E-state index >= 15 is 0 Å². The van der Waals surface area contributed by atoms with E-state index < -0.39 is 40.3 Å². The first-order chi connectivity index (χ1) is 13.2. The molecule has 0 aliphatic heterocycles. The number of hydrazine groups is 1. The summed E-state index contributed by atoms with van der Waals surface area (Å²) in [7, 11) is -4.50. The van der Waals surface area contributed by atoms with Gasteiger partial charge >= 0.3 is 17.8 Å². The molecule has 12 heteroatoms. The zero-order chi connectivity index (χ0) is 22.5. The van der Waals surface area contributed by atoms with Crippen molar-refractivity contribution < 1.29 is 35.9 Å². The minimum Gasteiger partial charge on any atom is -0.463 e. The van der Waals surface area contributed by atoms with Crippen LogP contribution < -0.4 is 15.6 Å². The first-order valence-electron chi connectivity index (χ1n) is 8.65. The van der Waals surface area contributed by atoms with E-state index in [-0.39, 0.29) is 17.2 Å². The molecule has 0 saturated heterocycles. The molecule has 1 aromatic rings. The van der Waals surface area contributed by atoms with Crippen molar-refractivity contribution in [1.82, 2.24) is 15.6 Å². The summed E-state index contributed by atoms with van der Waals surface area (Å²) >= 11 is 0. The Hall–Kier alpha value is -2.18. The Morgan fingerprint density at radius 3 is 2.14 bits per heavy atom. The number of amides is 1. The van der Waals surface area contributed by atoms with E-state index in [2.05, 4.69) is 4.74 Å². The molecular formula is C17H24F3N3O5S. The summed E-state index contributed by atoms with van der Waals surface area (Å²) in [5.41, 5.74) is -1.64. The monoisotopic (exact) mass is 439 g/mol. The van der Waals surface area contributed by atoms with Gasteiger partial charge in [-0.3, -0.25) is 4.79 Å². The van der Waals surface area contributed by atoms with Gasteiger partial charge in [0.15, 0.2) is 0 Å². The van der Waals surface area contributed by atoms with Gasteiger partial charge in [-0.25, -0.2) is 18.6 Å². The summed E-state index contributed by atoms with van der Waals surface area (Å²) < 4.78 is 70.8. The lowest BCUT2D eigenvalue weighted by Gasteiger charge is -2.34. The van der Waals surface area contributed by atoms with Crippen LogP contribution in [0.4, 0.5) is 13.2 Å². The highest BCUT2D eigenvalue weighted by molar-refractivity contribution is 7.89. The number of carbonyl (C=O) groups is 2. The molecule has 0 saturated carbocycles. The molecule has 29 heavy (non-hydrogen) atoms. The van der Waals surface area contributed by atoms with Gasteiger partial charge in [0, 0.05) is 6.42 Å². The minimum atomic E-state index is -5.43. The molecule has 1 atom stereocenters. The summed E-state index contributed by atoms with van der Waals surface area (Å²) in [5, 5.41) is 1.54. The highest BCUT2D eigenvalue weighted by Crippen LogP contribution is 2.30. The van der Waals surface area contributed by atoms with E-state index in [9.17, 15) is 31.2 Å². The van der Waals surface area contributed by atoms with Crippen LogP contribution in [0, 0.1) is 12.8 Å². The number of esters is 1. The summed E-state index contributed by atoms with van der Waals surface area (Å²) in [6, 6.07) is 5.25. The van der Waals surface area contributed by atoms with E-state index in [1.54, 1.807) is 26.1 Å². The lowest BCUT2D eigenvalue weighted by molar-refractivity contribution is -0.223. The lowest BCUT2D eigenvalue weighted by Crippen LogP contribution is -2.75. The largest absolute Gasteiger partial charge is 0.463 e. The molecular weight excluding hydrogens is 415 g/mol. The van der Waals surface area contributed by atoms with Crippen LogP contribution in [0.3, 0.4) is 0 Å². The van der Waals surface area contributed by atoms with E-state index in [0.717, 1.165) is 5.56 Å². The Morgan fingerprint density at radius 2 is 1.69 bits per heavy atom. The van der Waals surface area contributed by atoms with Crippen LogP contribution in [0.2, 0.25) is 0 Å². The summed E-state index contributed by atoms with van der Waals surface area (Å²) in [5.74, 6) is -3.34. The number of nitrogens with one attached hydrogen (secondary N) is 3. The molecule has 0 bridgehead atoms. The van der Waals surface area contributed by atoms with Crippen molar-refractivity contribution in [2.24, 2.45) is 5.92 Å². The zero-order valence-corrected chi connectivity index (χ0v) is 17.2. The van der Waals surface area contributed by atoms with E-state index in [0.29, 0.717) is 0 Å². The summed E-state index contributed by atoms with van der Waals surface area (Å²) in [6.45, 7) is 5.72. The van der Waals surface area contributed by atoms with Crippen LogP contribution in [-0.4, -0.2) is 38.7 Å². The number of alkyl halides is 3. The van der Waals surface area contributed by atoms with Gasteiger partial charge in [0.1, 0.15) is 0 Å². The van der Waals surface area contributed by atoms with Gasteiger partial charge in [0.25, 0.3) is 10.0 Å². The van der Waals surface area contributed by atoms with Gasteiger partial charge in [0.2, 0.25) is 5.91 Å². The predicted octanol–water partition coefficient (Wildman–Crippen LogP) is 1.76. The van der Waals surface area contributed by atoms with Gasteiger partial charge in [-0.1, -0.05) is 31.5 Å². The van der Waals surface area contributed by atoms with Crippen molar-refractivity contribution in [3.8, 4) is 0 Å². The second-order valence-electron chi connectivity index (χ2n) is 6.66. The highest BCUT2D eigenvalue weighted by atomic mass is 32.2. The summed E-state index contributed by atoms with van der Waals surface area (Å²) in [4.78, 5) is 25.4. The van der Waals surface area contributed by atoms with Crippen LogP contribution in [0.25, 0.3) is 0 Å². The van der Waals surface area contributed by atoms with E-state index in [1.165, 1.54) is 41.4 Å². The van der Waals surface area contributed by atoms with Crippen molar-refractivity contribution in [2.75, 3.05) is 6.61 Å². The van der Waals surface area contributed by atoms with Crippen LogP contribution in [0.15, 0.2) is 29.2 Å². The first kappa shape index (κ1) is 24.9. The lowest BCUT2D eigenvalue weighted by atomic mass is 10.1. The molecule has 0 aromatic heterocycles. The average molecular weight is 439 g/mol. The van der Waals surface area contributed by atoms with Gasteiger partial charge in [-0.15, -0.1) is 4.83 Å². The second kappa shape index (κ2) is 9.55. The number of hydrogen-bond acceptors (Lipinski definition) is 6. The third kappa shape index (κ3) is 6.41. The van der Waals surface area contributed by atoms with Crippen molar-refractivity contribution in [2.45, 2.75) is 50.9 Å². The van der Waals surface area contributed by atoms with Crippen LogP contribution in [-0.2, 0) is 24.3 Å². The van der Waals surface area contributed by atoms with Crippen molar-refractivity contribution in [3.63, 3.8) is 0 Å². The maximum atomic E-state index is 13.9. The number of rotatable bonds is 9. The molecule has 0 spiro atoms. The fraction of sp³-hybridized carbons (Fsp3) is 0.529. The third-order valence-electron chi connectivity index (χ3n) is 3.63. The maximum absolute atomic E-state index is 13.9. The van der Waals surface area contributed by atoms with Gasteiger partial charge in [0.05, 0.1) is 11.5 Å². The normalized spacial score (nSPS) is 14.3.